The highest BCUT2D eigenvalue weighted by molar-refractivity contribution is 6.08. The Balaban J connectivity index is 1.57. The van der Waals surface area contributed by atoms with E-state index in [-0.39, 0.29) is 17.5 Å². The molecular formula is C21H20N4O3. The van der Waals surface area contributed by atoms with Gasteiger partial charge in [0.1, 0.15) is 0 Å². The number of rotatable bonds is 4. The van der Waals surface area contributed by atoms with E-state index in [1.165, 1.54) is 4.57 Å². The van der Waals surface area contributed by atoms with Crippen LogP contribution in [0, 0.1) is 6.92 Å². The van der Waals surface area contributed by atoms with E-state index in [4.69, 9.17) is 0 Å². The van der Waals surface area contributed by atoms with Crippen molar-refractivity contribution >= 4 is 23.2 Å². The molecule has 4 rings (SSSR count). The monoisotopic (exact) mass is 376 g/mol. The average molecular weight is 376 g/mol. The Labute approximate surface area is 161 Å². The van der Waals surface area contributed by atoms with Crippen molar-refractivity contribution in [3.8, 4) is 5.69 Å². The number of nitrogens with one attached hydrogen (secondary N) is 2. The standard InChI is InChI=1S/C21H20N4O3/c1-14-13-22-21(28)25(14)16-10-8-15(9-11-16)20(27)23-17-5-2-3-6-18(17)24-12-4-7-19(24)26/h2-3,5-6,8-11,13H,4,7,12H2,1H3,(H,22,28)(H,23,27). The summed E-state index contributed by atoms with van der Waals surface area (Å²) in [5.41, 5.74) is 3.02. The first kappa shape index (κ1) is 17.8. The summed E-state index contributed by atoms with van der Waals surface area (Å²) in [7, 11) is 0. The third kappa shape index (κ3) is 3.22. The van der Waals surface area contributed by atoms with Gasteiger partial charge in [-0.1, -0.05) is 12.1 Å². The zero-order chi connectivity index (χ0) is 19.7. The molecule has 7 heteroatoms. The number of amides is 2. The molecule has 142 valence electrons. The second-order valence-electron chi connectivity index (χ2n) is 6.74. The minimum atomic E-state index is -0.274. The van der Waals surface area contributed by atoms with E-state index in [2.05, 4.69) is 10.3 Å². The van der Waals surface area contributed by atoms with Crippen LogP contribution in [0.5, 0.6) is 0 Å². The fraction of sp³-hybridized carbons (Fsp3) is 0.190. The molecular weight excluding hydrogens is 356 g/mol. The van der Waals surface area contributed by atoms with E-state index >= 15 is 0 Å². The Kier molecular flexibility index (Phi) is 4.57. The van der Waals surface area contributed by atoms with E-state index in [1.807, 2.05) is 25.1 Å². The summed E-state index contributed by atoms with van der Waals surface area (Å²) < 4.78 is 1.54. The van der Waals surface area contributed by atoms with Gasteiger partial charge in [0.05, 0.1) is 17.1 Å². The van der Waals surface area contributed by atoms with Gasteiger partial charge in [-0.05, 0) is 49.7 Å². The van der Waals surface area contributed by atoms with Crippen LogP contribution in [0.4, 0.5) is 11.4 Å². The van der Waals surface area contributed by atoms with Crippen LogP contribution in [-0.4, -0.2) is 27.9 Å². The van der Waals surface area contributed by atoms with E-state index in [0.717, 1.165) is 12.1 Å². The SMILES string of the molecule is Cc1c[nH]c(=O)n1-c1ccc(C(=O)Nc2ccccc2N2CCCC2=O)cc1. The summed E-state index contributed by atoms with van der Waals surface area (Å²) in [6.07, 6.45) is 2.99. The van der Waals surface area contributed by atoms with Gasteiger partial charge in [0.2, 0.25) is 5.91 Å². The highest BCUT2D eigenvalue weighted by atomic mass is 16.2. The molecule has 1 aromatic heterocycles. The highest BCUT2D eigenvalue weighted by Gasteiger charge is 2.24. The van der Waals surface area contributed by atoms with Crippen molar-refractivity contribution in [3.05, 3.63) is 76.5 Å². The van der Waals surface area contributed by atoms with Gasteiger partial charge in [0, 0.05) is 30.4 Å². The molecule has 2 aromatic carbocycles. The van der Waals surface area contributed by atoms with Crippen LogP contribution in [0.25, 0.3) is 5.69 Å². The predicted molar refractivity (Wildman–Crippen MR) is 107 cm³/mol. The topological polar surface area (TPSA) is 87.2 Å². The largest absolute Gasteiger partial charge is 0.330 e. The van der Waals surface area contributed by atoms with Crippen molar-refractivity contribution in [1.29, 1.82) is 0 Å². The van der Waals surface area contributed by atoms with Gasteiger partial charge >= 0.3 is 5.69 Å². The lowest BCUT2D eigenvalue weighted by Crippen LogP contribution is -2.25. The summed E-state index contributed by atoms with van der Waals surface area (Å²) >= 11 is 0. The molecule has 1 aliphatic heterocycles. The van der Waals surface area contributed by atoms with E-state index in [1.54, 1.807) is 41.4 Å². The molecule has 0 aliphatic carbocycles. The lowest BCUT2D eigenvalue weighted by atomic mass is 10.1. The third-order valence-electron chi connectivity index (χ3n) is 4.86. The van der Waals surface area contributed by atoms with Crippen molar-refractivity contribution < 1.29 is 9.59 Å². The number of imidazole rings is 1. The molecule has 0 unspecified atom stereocenters. The number of aromatic amines is 1. The van der Waals surface area contributed by atoms with Crippen molar-refractivity contribution in [2.45, 2.75) is 19.8 Å². The Morgan fingerprint density at radius 1 is 1.07 bits per heavy atom. The van der Waals surface area contributed by atoms with Crippen LogP contribution >= 0.6 is 0 Å². The molecule has 1 saturated heterocycles. The molecule has 0 saturated carbocycles. The van der Waals surface area contributed by atoms with Crippen molar-refractivity contribution in [3.63, 3.8) is 0 Å². The van der Waals surface area contributed by atoms with Crippen LogP contribution in [0.15, 0.2) is 59.5 Å². The van der Waals surface area contributed by atoms with Crippen LogP contribution in [0.3, 0.4) is 0 Å². The molecule has 2 amide bonds. The Bertz CT molecular complexity index is 1100. The summed E-state index contributed by atoms with van der Waals surface area (Å²) in [6, 6.07) is 14.1. The first-order valence-corrected chi connectivity index (χ1v) is 9.13. The Morgan fingerprint density at radius 2 is 1.82 bits per heavy atom. The second kappa shape index (κ2) is 7.19. The van der Waals surface area contributed by atoms with Gasteiger partial charge in [0.15, 0.2) is 0 Å². The van der Waals surface area contributed by atoms with Crippen LogP contribution in [0.2, 0.25) is 0 Å². The van der Waals surface area contributed by atoms with Crippen LogP contribution < -0.4 is 15.9 Å². The molecule has 28 heavy (non-hydrogen) atoms. The summed E-state index contributed by atoms with van der Waals surface area (Å²) in [6.45, 7) is 2.49. The maximum atomic E-state index is 12.7. The number of benzene rings is 2. The molecule has 7 nitrogen and oxygen atoms in total. The molecule has 0 bridgehead atoms. The van der Waals surface area contributed by atoms with Crippen LogP contribution in [0.1, 0.15) is 28.9 Å². The van der Waals surface area contributed by atoms with E-state index in [9.17, 15) is 14.4 Å². The maximum Gasteiger partial charge on any atom is 0.330 e. The minimum absolute atomic E-state index is 0.0679. The van der Waals surface area contributed by atoms with Crippen molar-refractivity contribution in [1.82, 2.24) is 9.55 Å². The molecule has 2 heterocycles. The number of aryl methyl sites for hydroxylation is 1. The predicted octanol–water partition coefficient (Wildman–Crippen LogP) is 2.85. The summed E-state index contributed by atoms with van der Waals surface area (Å²) in [4.78, 5) is 41.0. The lowest BCUT2D eigenvalue weighted by molar-refractivity contribution is -0.117. The van der Waals surface area contributed by atoms with Crippen LogP contribution in [-0.2, 0) is 4.79 Å². The van der Waals surface area contributed by atoms with E-state index < -0.39 is 0 Å². The number of aromatic nitrogens is 2. The number of carbonyl (C=O) groups is 2. The Hall–Kier alpha value is -3.61. The molecule has 3 aromatic rings. The first-order chi connectivity index (χ1) is 13.5. The molecule has 1 aliphatic rings. The molecule has 0 spiro atoms. The highest BCUT2D eigenvalue weighted by Crippen LogP contribution is 2.29. The van der Waals surface area contributed by atoms with Gasteiger partial charge in [-0.3, -0.25) is 14.2 Å². The van der Waals surface area contributed by atoms with Gasteiger partial charge in [-0.15, -0.1) is 0 Å². The normalized spacial score (nSPS) is 13.8. The fourth-order valence-electron chi connectivity index (χ4n) is 3.45. The number of H-pyrrole nitrogens is 1. The number of para-hydroxylation sites is 2. The third-order valence-corrected chi connectivity index (χ3v) is 4.86. The average Bonchev–Trinajstić information content (AvgIpc) is 3.27. The van der Waals surface area contributed by atoms with Gasteiger partial charge in [0.25, 0.3) is 5.91 Å². The number of hydrogen-bond acceptors (Lipinski definition) is 3. The molecule has 0 atom stereocenters. The van der Waals surface area contributed by atoms with E-state index in [0.29, 0.717) is 35.6 Å². The first-order valence-electron chi connectivity index (χ1n) is 9.13. The van der Waals surface area contributed by atoms with Gasteiger partial charge in [-0.25, -0.2) is 4.79 Å². The number of carbonyl (C=O) groups excluding carboxylic acids is 2. The summed E-state index contributed by atoms with van der Waals surface area (Å²) in [5.74, 6) is -0.206. The smallest absolute Gasteiger partial charge is 0.320 e. The minimum Gasteiger partial charge on any atom is -0.320 e. The molecule has 2 N–H and O–H groups in total. The number of hydrogen-bond donors (Lipinski definition) is 2. The van der Waals surface area contributed by atoms with Crippen molar-refractivity contribution in [2.75, 3.05) is 16.8 Å². The number of nitrogens with zero attached hydrogens (tertiary/aromatic N) is 2. The summed E-state index contributed by atoms with van der Waals surface area (Å²) in [5, 5.41) is 2.89. The Morgan fingerprint density at radius 3 is 2.46 bits per heavy atom. The van der Waals surface area contributed by atoms with Gasteiger partial charge < -0.3 is 15.2 Å². The van der Waals surface area contributed by atoms with Crippen molar-refractivity contribution in [2.24, 2.45) is 0 Å². The maximum absolute atomic E-state index is 12.7. The zero-order valence-corrected chi connectivity index (χ0v) is 15.4. The fourth-order valence-corrected chi connectivity index (χ4v) is 3.45. The van der Waals surface area contributed by atoms with Gasteiger partial charge in [-0.2, -0.15) is 0 Å². The quantitative estimate of drug-likeness (QED) is 0.734. The number of anilines is 2. The lowest BCUT2D eigenvalue weighted by Gasteiger charge is -2.20. The second-order valence-corrected chi connectivity index (χ2v) is 6.74. The molecule has 1 fully saturated rings. The zero-order valence-electron chi connectivity index (χ0n) is 15.4. The molecule has 0 radical (unpaired) electrons.